The summed E-state index contributed by atoms with van der Waals surface area (Å²) in [6.45, 7) is 2.86. The summed E-state index contributed by atoms with van der Waals surface area (Å²) in [7, 11) is 3.80. The SMILES string of the molecule is Cc1cccn2nc([C@@H]3c4nc[nH]c4CCN3c3ccc(C#N)c(N(C)C)n3)cc12. The molecule has 8 heteroatoms. The molecular formula is C22H22N8. The lowest BCUT2D eigenvalue weighted by Gasteiger charge is -2.35. The molecule has 5 rings (SSSR count). The van der Waals surface area contributed by atoms with E-state index in [1.54, 1.807) is 6.33 Å². The number of aromatic amines is 1. The van der Waals surface area contributed by atoms with E-state index >= 15 is 0 Å². The van der Waals surface area contributed by atoms with E-state index in [0.29, 0.717) is 11.4 Å². The Kier molecular flexibility index (Phi) is 4.17. The fourth-order valence-corrected chi connectivity index (χ4v) is 4.16. The Labute approximate surface area is 174 Å². The zero-order chi connectivity index (χ0) is 20.8. The molecule has 0 radical (unpaired) electrons. The molecule has 0 aliphatic carbocycles. The molecule has 0 amide bonds. The third kappa shape index (κ3) is 2.78. The van der Waals surface area contributed by atoms with Crippen LogP contribution in [0.4, 0.5) is 11.6 Å². The van der Waals surface area contributed by atoms with Crippen molar-refractivity contribution >= 4 is 17.2 Å². The second-order valence-corrected chi connectivity index (χ2v) is 7.75. The molecule has 4 aromatic rings. The van der Waals surface area contributed by atoms with Crippen LogP contribution in [0.15, 0.2) is 42.9 Å². The van der Waals surface area contributed by atoms with Crippen LogP contribution in [0, 0.1) is 18.3 Å². The Bertz CT molecular complexity index is 1280. The van der Waals surface area contributed by atoms with Gasteiger partial charge in [-0.05, 0) is 36.8 Å². The molecule has 0 saturated heterocycles. The predicted octanol–water partition coefficient (Wildman–Crippen LogP) is 2.85. The number of nitrogens with one attached hydrogen (secondary N) is 1. The topological polar surface area (TPSA) is 89.1 Å². The Morgan fingerprint density at radius 1 is 1.27 bits per heavy atom. The van der Waals surface area contributed by atoms with Gasteiger partial charge >= 0.3 is 0 Å². The molecule has 1 N–H and O–H groups in total. The van der Waals surface area contributed by atoms with Crippen molar-refractivity contribution in [3.8, 4) is 6.07 Å². The summed E-state index contributed by atoms with van der Waals surface area (Å²) in [5, 5.41) is 14.3. The Morgan fingerprint density at radius 2 is 2.13 bits per heavy atom. The van der Waals surface area contributed by atoms with Gasteiger partial charge < -0.3 is 14.8 Å². The molecule has 4 aromatic heterocycles. The highest BCUT2D eigenvalue weighted by Crippen LogP contribution is 2.37. The van der Waals surface area contributed by atoms with Gasteiger partial charge in [0.1, 0.15) is 23.7 Å². The smallest absolute Gasteiger partial charge is 0.148 e. The van der Waals surface area contributed by atoms with E-state index < -0.39 is 0 Å². The van der Waals surface area contributed by atoms with Crippen LogP contribution in [0.5, 0.6) is 0 Å². The van der Waals surface area contributed by atoms with Crippen LogP contribution in [0.2, 0.25) is 0 Å². The first-order valence-electron chi connectivity index (χ1n) is 9.89. The lowest BCUT2D eigenvalue weighted by Crippen LogP contribution is -2.37. The van der Waals surface area contributed by atoms with E-state index in [2.05, 4.69) is 40.0 Å². The number of nitrogens with zero attached hydrogens (tertiary/aromatic N) is 7. The Morgan fingerprint density at radius 3 is 2.90 bits per heavy atom. The van der Waals surface area contributed by atoms with Gasteiger partial charge in [0.2, 0.25) is 0 Å². The van der Waals surface area contributed by atoms with E-state index in [1.165, 1.54) is 5.56 Å². The summed E-state index contributed by atoms with van der Waals surface area (Å²) < 4.78 is 1.92. The number of hydrogen-bond donors (Lipinski definition) is 1. The first-order valence-corrected chi connectivity index (χ1v) is 9.89. The van der Waals surface area contributed by atoms with Crippen molar-refractivity contribution in [2.75, 3.05) is 30.4 Å². The highest BCUT2D eigenvalue weighted by molar-refractivity contribution is 5.61. The zero-order valence-electron chi connectivity index (χ0n) is 17.2. The van der Waals surface area contributed by atoms with Gasteiger partial charge in [0.05, 0.1) is 28.8 Å². The van der Waals surface area contributed by atoms with Crippen LogP contribution in [0.1, 0.15) is 34.3 Å². The quantitative estimate of drug-likeness (QED) is 0.571. The van der Waals surface area contributed by atoms with Crippen LogP contribution in [-0.2, 0) is 6.42 Å². The largest absolute Gasteiger partial charge is 0.362 e. The number of fused-ring (bicyclic) bond motifs is 2. The Hall–Kier alpha value is -3.86. The van der Waals surface area contributed by atoms with Crippen LogP contribution in [0.3, 0.4) is 0 Å². The summed E-state index contributed by atoms with van der Waals surface area (Å²) in [4.78, 5) is 16.8. The third-order valence-electron chi connectivity index (χ3n) is 5.64. The molecule has 1 atom stereocenters. The number of nitriles is 1. The summed E-state index contributed by atoms with van der Waals surface area (Å²) in [6, 6.07) is 12.0. The van der Waals surface area contributed by atoms with Crippen molar-refractivity contribution in [3.05, 3.63) is 71.1 Å². The molecule has 1 aliphatic rings. The molecule has 0 saturated carbocycles. The lowest BCUT2D eigenvalue weighted by molar-refractivity contribution is 0.610. The van der Waals surface area contributed by atoms with E-state index in [4.69, 9.17) is 10.1 Å². The Balaban J connectivity index is 1.67. The van der Waals surface area contributed by atoms with Crippen molar-refractivity contribution < 1.29 is 0 Å². The van der Waals surface area contributed by atoms with Gasteiger partial charge in [0, 0.05) is 39.0 Å². The fraction of sp³-hybridized carbons (Fsp3) is 0.273. The number of aryl methyl sites for hydroxylation is 1. The van der Waals surface area contributed by atoms with Crippen molar-refractivity contribution in [3.63, 3.8) is 0 Å². The molecule has 0 bridgehead atoms. The minimum absolute atomic E-state index is 0.158. The van der Waals surface area contributed by atoms with Crippen molar-refractivity contribution in [1.82, 2.24) is 24.6 Å². The van der Waals surface area contributed by atoms with Crippen LogP contribution in [-0.4, -0.2) is 45.2 Å². The van der Waals surface area contributed by atoms with Crippen LogP contribution < -0.4 is 9.80 Å². The number of H-pyrrole nitrogens is 1. The average Bonchev–Trinajstić information content (AvgIpc) is 3.40. The zero-order valence-corrected chi connectivity index (χ0v) is 17.2. The van der Waals surface area contributed by atoms with Gasteiger partial charge in [-0.3, -0.25) is 0 Å². The first-order chi connectivity index (χ1) is 14.6. The number of pyridine rings is 2. The number of anilines is 2. The molecule has 0 aromatic carbocycles. The second-order valence-electron chi connectivity index (χ2n) is 7.75. The molecule has 0 spiro atoms. The summed E-state index contributed by atoms with van der Waals surface area (Å²) >= 11 is 0. The normalized spacial score (nSPS) is 15.8. The maximum Gasteiger partial charge on any atom is 0.148 e. The average molecular weight is 398 g/mol. The second kappa shape index (κ2) is 6.88. The lowest BCUT2D eigenvalue weighted by atomic mass is 9.99. The third-order valence-corrected chi connectivity index (χ3v) is 5.64. The highest BCUT2D eigenvalue weighted by atomic mass is 15.3. The van der Waals surface area contributed by atoms with Gasteiger partial charge in [-0.25, -0.2) is 14.5 Å². The van der Waals surface area contributed by atoms with Crippen molar-refractivity contribution in [1.29, 1.82) is 5.26 Å². The summed E-state index contributed by atoms with van der Waals surface area (Å²) in [5.74, 6) is 1.47. The number of imidazole rings is 1. The maximum absolute atomic E-state index is 9.45. The van der Waals surface area contributed by atoms with E-state index in [9.17, 15) is 5.26 Å². The van der Waals surface area contributed by atoms with Crippen molar-refractivity contribution in [2.45, 2.75) is 19.4 Å². The molecule has 0 fully saturated rings. The van der Waals surface area contributed by atoms with Crippen LogP contribution >= 0.6 is 0 Å². The van der Waals surface area contributed by atoms with E-state index in [0.717, 1.165) is 41.4 Å². The van der Waals surface area contributed by atoms with Gasteiger partial charge in [0.15, 0.2) is 0 Å². The number of aromatic nitrogens is 5. The maximum atomic E-state index is 9.45. The summed E-state index contributed by atoms with van der Waals surface area (Å²) in [5.41, 5.74) is 5.84. The van der Waals surface area contributed by atoms with Gasteiger partial charge in [-0.1, -0.05) is 6.07 Å². The number of hydrogen-bond acceptors (Lipinski definition) is 6. The molecular weight excluding hydrogens is 376 g/mol. The van der Waals surface area contributed by atoms with Crippen LogP contribution in [0.25, 0.3) is 5.52 Å². The monoisotopic (exact) mass is 398 g/mol. The molecule has 150 valence electrons. The van der Waals surface area contributed by atoms with E-state index in [1.807, 2.05) is 47.9 Å². The molecule has 30 heavy (non-hydrogen) atoms. The van der Waals surface area contributed by atoms with Crippen molar-refractivity contribution in [2.24, 2.45) is 0 Å². The van der Waals surface area contributed by atoms with Gasteiger partial charge in [-0.15, -0.1) is 0 Å². The predicted molar refractivity (Wildman–Crippen MR) is 115 cm³/mol. The minimum atomic E-state index is -0.158. The van der Waals surface area contributed by atoms with E-state index in [-0.39, 0.29) is 6.04 Å². The molecule has 0 unspecified atom stereocenters. The van der Waals surface area contributed by atoms with Gasteiger partial charge in [0.25, 0.3) is 0 Å². The minimum Gasteiger partial charge on any atom is -0.362 e. The number of rotatable bonds is 3. The fourth-order valence-electron chi connectivity index (χ4n) is 4.16. The summed E-state index contributed by atoms with van der Waals surface area (Å²) in [6.07, 6.45) is 4.56. The standard InChI is InChI=1S/C22H22N8/c1-14-5-4-9-30-18(14)11-17(27-30)21-20-16(24-13-25-20)8-10-29(21)19-7-6-15(12-23)22(26-19)28(2)3/h4-7,9,11,13,21H,8,10H2,1-3H3,(H,24,25)/t21-/m1/s1. The van der Waals surface area contributed by atoms with Gasteiger partial charge in [-0.2, -0.15) is 10.4 Å². The molecule has 1 aliphatic heterocycles. The highest BCUT2D eigenvalue weighted by Gasteiger charge is 2.34. The molecule has 5 heterocycles. The first kappa shape index (κ1) is 18.2. The molecule has 8 nitrogen and oxygen atoms in total.